The maximum atomic E-state index is 12.9. The SMILES string of the molecule is CCN(C(=O)c1ccc(NCC(=O)Nc2ccc(C(=O)OC)cc2)cc1)c1ccccc1. The number of nitrogens with one attached hydrogen (secondary N) is 2. The van der Waals surface area contributed by atoms with E-state index in [2.05, 4.69) is 15.4 Å². The van der Waals surface area contributed by atoms with Crippen molar-refractivity contribution < 1.29 is 19.1 Å². The van der Waals surface area contributed by atoms with Gasteiger partial charge in [0.05, 0.1) is 19.2 Å². The minimum atomic E-state index is -0.433. The van der Waals surface area contributed by atoms with E-state index >= 15 is 0 Å². The molecule has 0 aliphatic heterocycles. The van der Waals surface area contributed by atoms with Crippen LogP contribution < -0.4 is 15.5 Å². The number of hydrogen-bond donors (Lipinski definition) is 2. The summed E-state index contributed by atoms with van der Waals surface area (Å²) >= 11 is 0. The Morgan fingerprint density at radius 1 is 0.812 bits per heavy atom. The van der Waals surface area contributed by atoms with Crippen LogP contribution in [0.3, 0.4) is 0 Å². The van der Waals surface area contributed by atoms with E-state index in [-0.39, 0.29) is 18.4 Å². The minimum Gasteiger partial charge on any atom is -0.465 e. The maximum Gasteiger partial charge on any atom is 0.337 e. The standard InChI is InChI=1S/C25H25N3O4/c1-3-28(22-7-5-4-6-8-22)24(30)18-9-13-20(14-10-18)26-17-23(29)27-21-15-11-19(12-16-21)25(31)32-2/h4-16,26H,3,17H2,1-2H3,(H,27,29). The second-order valence-corrected chi connectivity index (χ2v) is 6.93. The summed E-state index contributed by atoms with van der Waals surface area (Å²) in [6.07, 6.45) is 0. The van der Waals surface area contributed by atoms with Crippen molar-refractivity contribution >= 4 is 34.8 Å². The molecule has 3 aromatic carbocycles. The summed E-state index contributed by atoms with van der Waals surface area (Å²) in [5, 5.41) is 5.79. The highest BCUT2D eigenvalue weighted by Gasteiger charge is 2.15. The molecule has 32 heavy (non-hydrogen) atoms. The Kier molecular flexibility index (Phi) is 7.59. The van der Waals surface area contributed by atoms with Gasteiger partial charge in [0.2, 0.25) is 5.91 Å². The van der Waals surface area contributed by atoms with Gasteiger partial charge in [0.15, 0.2) is 0 Å². The highest BCUT2D eigenvalue weighted by atomic mass is 16.5. The Hall–Kier alpha value is -4.13. The molecule has 0 fully saturated rings. The number of esters is 1. The average Bonchev–Trinajstić information content (AvgIpc) is 2.84. The van der Waals surface area contributed by atoms with Crippen molar-refractivity contribution in [2.75, 3.05) is 35.7 Å². The molecule has 0 radical (unpaired) electrons. The number of ether oxygens (including phenoxy) is 1. The first-order valence-corrected chi connectivity index (χ1v) is 10.2. The number of hydrogen-bond acceptors (Lipinski definition) is 5. The van der Waals surface area contributed by atoms with Crippen LogP contribution in [0.1, 0.15) is 27.6 Å². The third-order valence-electron chi connectivity index (χ3n) is 4.80. The normalized spacial score (nSPS) is 10.2. The number of methoxy groups -OCH3 is 1. The van der Waals surface area contributed by atoms with Crippen LogP contribution in [0.25, 0.3) is 0 Å². The van der Waals surface area contributed by atoms with Gasteiger partial charge in [-0.25, -0.2) is 4.79 Å². The predicted octanol–water partition coefficient (Wildman–Crippen LogP) is 4.19. The molecular formula is C25H25N3O4. The molecule has 0 heterocycles. The van der Waals surface area contributed by atoms with E-state index in [1.807, 2.05) is 37.3 Å². The molecule has 0 unspecified atom stereocenters. The van der Waals surface area contributed by atoms with Gasteiger partial charge in [0.1, 0.15) is 0 Å². The van der Waals surface area contributed by atoms with Crippen LogP contribution in [0.2, 0.25) is 0 Å². The smallest absolute Gasteiger partial charge is 0.337 e. The fourth-order valence-corrected chi connectivity index (χ4v) is 3.13. The minimum absolute atomic E-state index is 0.0527. The van der Waals surface area contributed by atoms with Crippen LogP contribution >= 0.6 is 0 Å². The first kappa shape index (κ1) is 22.6. The number of carbonyl (C=O) groups is 3. The van der Waals surface area contributed by atoms with Gasteiger partial charge in [-0.05, 0) is 67.6 Å². The molecule has 0 saturated carbocycles. The Balaban J connectivity index is 1.54. The summed E-state index contributed by atoms with van der Waals surface area (Å²) in [4.78, 5) is 38.2. The summed E-state index contributed by atoms with van der Waals surface area (Å²) in [5.41, 5.74) is 3.12. The molecule has 7 nitrogen and oxygen atoms in total. The zero-order valence-electron chi connectivity index (χ0n) is 18.0. The van der Waals surface area contributed by atoms with Crippen LogP contribution in [-0.4, -0.2) is 38.0 Å². The summed E-state index contributed by atoms with van der Waals surface area (Å²) in [6.45, 7) is 2.54. The maximum absolute atomic E-state index is 12.9. The molecular weight excluding hydrogens is 406 g/mol. The van der Waals surface area contributed by atoms with Crippen molar-refractivity contribution in [1.82, 2.24) is 0 Å². The zero-order valence-corrected chi connectivity index (χ0v) is 18.0. The van der Waals surface area contributed by atoms with Gasteiger partial charge in [-0.15, -0.1) is 0 Å². The highest BCUT2D eigenvalue weighted by molar-refractivity contribution is 6.06. The van der Waals surface area contributed by atoms with Gasteiger partial charge in [-0.2, -0.15) is 0 Å². The van der Waals surface area contributed by atoms with Gasteiger partial charge in [-0.3, -0.25) is 9.59 Å². The third-order valence-corrected chi connectivity index (χ3v) is 4.80. The van der Waals surface area contributed by atoms with Gasteiger partial charge in [-0.1, -0.05) is 18.2 Å². The number of nitrogens with zero attached hydrogens (tertiary/aromatic N) is 1. The number of para-hydroxylation sites is 1. The zero-order chi connectivity index (χ0) is 22.9. The number of carbonyl (C=O) groups excluding carboxylic acids is 3. The molecule has 0 atom stereocenters. The van der Waals surface area contributed by atoms with Crippen LogP contribution in [0.15, 0.2) is 78.9 Å². The first-order valence-electron chi connectivity index (χ1n) is 10.2. The molecule has 2 amide bonds. The summed E-state index contributed by atoms with van der Waals surface area (Å²) in [6, 6.07) is 23.0. The van der Waals surface area contributed by atoms with Crippen molar-refractivity contribution in [3.63, 3.8) is 0 Å². The second kappa shape index (κ2) is 10.8. The fraction of sp³-hybridized carbons (Fsp3) is 0.160. The number of anilines is 3. The van der Waals surface area contributed by atoms with E-state index in [4.69, 9.17) is 0 Å². The van der Waals surface area contributed by atoms with Crippen LogP contribution in [0.4, 0.5) is 17.1 Å². The average molecular weight is 431 g/mol. The van der Waals surface area contributed by atoms with E-state index < -0.39 is 5.97 Å². The molecule has 164 valence electrons. The molecule has 0 aliphatic rings. The monoisotopic (exact) mass is 431 g/mol. The van der Waals surface area contributed by atoms with E-state index in [9.17, 15) is 14.4 Å². The molecule has 0 spiro atoms. The summed E-state index contributed by atoms with van der Waals surface area (Å²) in [5.74, 6) is -0.757. The lowest BCUT2D eigenvalue weighted by Gasteiger charge is -2.21. The topological polar surface area (TPSA) is 87.7 Å². The Labute approximate surface area is 187 Å². The molecule has 7 heteroatoms. The van der Waals surface area contributed by atoms with Crippen molar-refractivity contribution in [3.05, 3.63) is 90.0 Å². The first-order chi connectivity index (χ1) is 15.5. The lowest BCUT2D eigenvalue weighted by atomic mass is 10.1. The van der Waals surface area contributed by atoms with Crippen LogP contribution in [0, 0.1) is 0 Å². The second-order valence-electron chi connectivity index (χ2n) is 6.93. The van der Waals surface area contributed by atoms with Crippen LogP contribution in [0.5, 0.6) is 0 Å². The molecule has 0 bridgehead atoms. The van der Waals surface area contributed by atoms with Gasteiger partial charge in [0.25, 0.3) is 5.91 Å². The van der Waals surface area contributed by atoms with Crippen molar-refractivity contribution in [3.8, 4) is 0 Å². The fourth-order valence-electron chi connectivity index (χ4n) is 3.13. The van der Waals surface area contributed by atoms with Gasteiger partial charge < -0.3 is 20.3 Å². The van der Waals surface area contributed by atoms with E-state index in [0.717, 1.165) is 11.4 Å². The van der Waals surface area contributed by atoms with E-state index in [1.165, 1.54) is 7.11 Å². The highest BCUT2D eigenvalue weighted by Crippen LogP contribution is 2.18. The predicted molar refractivity (Wildman–Crippen MR) is 125 cm³/mol. The molecule has 0 saturated heterocycles. The number of benzene rings is 3. The molecule has 0 aromatic heterocycles. The quantitative estimate of drug-likeness (QED) is 0.522. The Bertz CT molecular complexity index is 1060. The largest absolute Gasteiger partial charge is 0.465 e. The van der Waals surface area contributed by atoms with Crippen LogP contribution in [-0.2, 0) is 9.53 Å². The van der Waals surface area contributed by atoms with Crippen molar-refractivity contribution in [2.45, 2.75) is 6.92 Å². The number of rotatable bonds is 8. The van der Waals surface area contributed by atoms with Crippen molar-refractivity contribution in [1.29, 1.82) is 0 Å². The molecule has 2 N–H and O–H groups in total. The Morgan fingerprint density at radius 3 is 2.00 bits per heavy atom. The molecule has 0 aliphatic carbocycles. The van der Waals surface area contributed by atoms with Crippen molar-refractivity contribution in [2.24, 2.45) is 0 Å². The summed E-state index contributed by atoms with van der Waals surface area (Å²) in [7, 11) is 1.31. The van der Waals surface area contributed by atoms with Gasteiger partial charge in [0, 0.05) is 29.2 Å². The summed E-state index contributed by atoms with van der Waals surface area (Å²) < 4.78 is 4.65. The lowest BCUT2D eigenvalue weighted by Crippen LogP contribution is -2.30. The third kappa shape index (κ3) is 5.72. The lowest BCUT2D eigenvalue weighted by molar-refractivity contribution is -0.114. The Morgan fingerprint density at radius 2 is 1.41 bits per heavy atom. The molecule has 3 rings (SSSR count). The molecule has 3 aromatic rings. The van der Waals surface area contributed by atoms with E-state index in [1.54, 1.807) is 53.4 Å². The van der Waals surface area contributed by atoms with E-state index in [0.29, 0.717) is 23.4 Å². The van der Waals surface area contributed by atoms with Gasteiger partial charge >= 0.3 is 5.97 Å². The number of amides is 2.